The minimum absolute atomic E-state index is 0.327. The Morgan fingerprint density at radius 1 is 1.50 bits per heavy atom. The van der Waals surface area contributed by atoms with Gasteiger partial charge in [0.15, 0.2) is 0 Å². The van der Waals surface area contributed by atoms with E-state index in [4.69, 9.17) is 0 Å². The molecule has 0 spiro atoms. The van der Waals surface area contributed by atoms with Crippen molar-refractivity contribution in [3.05, 3.63) is 39.6 Å². The van der Waals surface area contributed by atoms with E-state index in [1.165, 1.54) is 17.7 Å². The lowest BCUT2D eigenvalue weighted by Gasteiger charge is -2.25. The average molecular weight is 336 g/mol. The molecule has 0 bridgehead atoms. The number of fused-ring (bicyclic) bond motifs is 1. The van der Waals surface area contributed by atoms with Crippen LogP contribution in [0.2, 0.25) is 0 Å². The summed E-state index contributed by atoms with van der Waals surface area (Å²) in [5.41, 5.74) is 3.47. The number of hydrogen-bond donors (Lipinski definition) is 1. The Morgan fingerprint density at radius 2 is 2.35 bits per heavy atom. The van der Waals surface area contributed by atoms with Crippen LogP contribution in [0.25, 0.3) is 0 Å². The Bertz CT molecular complexity index is 622. The van der Waals surface area contributed by atoms with E-state index >= 15 is 0 Å². The molecule has 1 aliphatic rings. The smallest absolute Gasteiger partial charge is 0.125 e. The molecule has 2 heterocycles. The number of rotatable bonds is 3. The van der Waals surface area contributed by atoms with Crippen LogP contribution in [0.3, 0.4) is 0 Å². The predicted molar refractivity (Wildman–Crippen MR) is 80.2 cm³/mol. The van der Waals surface area contributed by atoms with Crippen LogP contribution < -0.4 is 5.32 Å². The van der Waals surface area contributed by atoms with Gasteiger partial charge in [-0.25, -0.2) is 9.97 Å². The molecule has 2 aromatic rings. The van der Waals surface area contributed by atoms with Crippen molar-refractivity contribution in [2.45, 2.75) is 38.8 Å². The van der Waals surface area contributed by atoms with Crippen molar-refractivity contribution in [3.63, 3.8) is 0 Å². The summed E-state index contributed by atoms with van der Waals surface area (Å²) in [6.07, 6.45) is 7.30. The highest BCUT2D eigenvalue weighted by molar-refractivity contribution is 9.10. The van der Waals surface area contributed by atoms with Crippen LogP contribution in [0, 0.1) is 6.92 Å². The van der Waals surface area contributed by atoms with Crippen molar-refractivity contribution < 1.29 is 0 Å². The maximum Gasteiger partial charge on any atom is 0.125 e. The highest BCUT2D eigenvalue weighted by Gasteiger charge is 2.22. The molecule has 0 saturated carbocycles. The van der Waals surface area contributed by atoms with Crippen LogP contribution in [-0.4, -0.2) is 19.7 Å². The number of hydrogen-bond acceptors (Lipinski definition) is 4. The Balaban J connectivity index is 1.75. The van der Waals surface area contributed by atoms with E-state index in [0.29, 0.717) is 6.04 Å². The van der Waals surface area contributed by atoms with Gasteiger partial charge in [0.2, 0.25) is 0 Å². The minimum atomic E-state index is 0.327. The van der Waals surface area contributed by atoms with E-state index in [-0.39, 0.29) is 0 Å². The van der Waals surface area contributed by atoms with Crippen molar-refractivity contribution in [1.82, 2.24) is 25.1 Å². The molecule has 0 aliphatic heterocycles. The molecule has 1 atom stereocenters. The topological polar surface area (TPSA) is 55.6 Å². The fraction of sp³-hybridized carbons (Fsp3) is 0.500. The van der Waals surface area contributed by atoms with Gasteiger partial charge >= 0.3 is 0 Å². The fourth-order valence-electron chi connectivity index (χ4n) is 2.70. The molecule has 0 saturated heterocycles. The molecule has 0 aromatic carbocycles. The van der Waals surface area contributed by atoms with E-state index in [1.54, 1.807) is 0 Å². The van der Waals surface area contributed by atoms with Gasteiger partial charge in [0, 0.05) is 43.3 Å². The molecule has 2 aromatic heterocycles. The van der Waals surface area contributed by atoms with E-state index in [2.05, 4.69) is 36.3 Å². The summed E-state index contributed by atoms with van der Waals surface area (Å²) >= 11 is 3.54. The van der Waals surface area contributed by atoms with Gasteiger partial charge in [0.1, 0.15) is 5.82 Å². The zero-order valence-electron chi connectivity index (χ0n) is 11.7. The summed E-state index contributed by atoms with van der Waals surface area (Å²) in [4.78, 5) is 8.90. The number of nitrogens with zero attached hydrogens (tertiary/aromatic N) is 4. The van der Waals surface area contributed by atoms with Gasteiger partial charge < -0.3 is 5.32 Å². The molecule has 6 heteroatoms. The Labute approximate surface area is 127 Å². The highest BCUT2D eigenvalue weighted by Crippen LogP contribution is 2.28. The third-order valence-electron chi connectivity index (χ3n) is 3.67. The lowest BCUT2D eigenvalue weighted by molar-refractivity contribution is 0.447. The zero-order valence-corrected chi connectivity index (χ0v) is 13.3. The van der Waals surface area contributed by atoms with Crippen molar-refractivity contribution >= 4 is 15.9 Å². The normalized spacial score (nSPS) is 18.1. The molecular weight excluding hydrogens is 318 g/mol. The summed E-state index contributed by atoms with van der Waals surface area (Å²) in [6, 6.07) is 0.327. The molecule has 1 N–H and O–H groups in total. The minimum Gasteiger partial charge on any atom is -0.304 e. The van der Waals surface area contributed by atoms with Crippen molar-refractivity contribution in [3.8, 4) is 0 Å². The number of halogens is 1. The first-order valence-corrected chi connectivity index (χ1v) is 7.66. The Hall–Kier alpha value is -1.27. The first-order valence-electron chi connectivity index (χ1n) is 6.87. The molecular formula is C14H18BrN5. The summed E-state index contributed by atoms with van der Waals surface area (Å²) in [5, 5.41) is 8.02. The number of aromatic nitrogens is 4. The van der Waals surface area contributed by atoms with Gasteiger partial charge in [-0.05, 0) is 42.1 Å². The highest BCUT2D eigenvalue weighted by atomic mass is 79.9. The van der Waals surface area contributed by atoms with Crippen LogP contribution >= 0.6 is 15.9 Å². The third-order valence-corrected chi connectivity index (χ3v) is 4.33. The second-order valence-corrected chi connectivity index (χ2v) is 6.10. The molecule has 3 rings (SSSR count). The van der Waals surface area contributed by atoms with E-state index in [9.17, 15) is 0 Å². The van der Waals surface area contributed by atoms with E-state index < -0.39 is 0 Å². The van der Waals surface area contributed by atoms with Crippen LogP contribution in [0.1, 0.15) is 41.7 Å². The molecule has 106 valence electrons. The summed E-state index contributed by atoms with van der Waals surface area (Å²) in [7, 11) is 1.93. The number of nitrogens with one attached hydrogen (secondary N) is 1. The van der Waals surface area contributed by atoms with E-state index in [0.717, 1.165) is 35.4 Å². The zero-order chi connectivity index (χ0) is 14.1. The molecule has 0 fully saturated rings. The Morgan fingerprint density at radius 3 is 3.10 bits per heavy atom. The first kappa shape index (κ1) is 13.7. The maximum absolute atomic E-state index is 4.56. The molecule has 1 aliphatic carbocycles. The van der Waals surface area contributed by atoms with Gasteiger partial charge in [-0.15, -0.1) is 0 Å². The first-order chi connectivity index (χ1) is 9.63. The lowest BCUT2D eigenvalue weighted by atomic mass is 9.92. The SMILES string of the molecule is Cc1ncc2c(n1)CCCC2NCc1nn(C)cc1Br. The summed E-state index contributed by atoms with van der Waals surface area (Å²) in [5.74, 6) is 0.858. The molecule has 0 amide bonds. The standard InChI is InChI=1S/C14H18BrN5/c1-9-16-6-10-12(4-3-5-13(10)18-9)17-7-14-11(15)8-20(2)19-14/h6,8,12,17H,3-5,7H2,1-2H3. The lowest BCUT2D eigenvalue weighted by Crippen LogP contribution is -2.26. The van der Waals surface area contributed by atoms with Gasteiger partial charge in [-0.2, -0.15) is 5.10 Å². The van der Waals surface area contributed by atoms with Gasteiger partial charge in [0.05, 0.1) is 10.2 Å². The third kappa shape index (κ3) is 2.76. The quantitative estimate of drug-likeness (QED) is 0.935. The van der Waals surface area contributed by atoms with Gasteiger partial charge in [-0.1, -0.05) is 0 Å². The monoisotopic (exact) mass is 335 g/mol. The molecule has 20 heavy (non-hydrogen) atoms. The second-order valence-electron chi connectivity index (χ2n) is 5.24. The second kappa shape index (κ2) is 5.61. The Kier molecular flexibility index (Phi) is 3.85. The van der Waals surface area contributed by atoms with E-state index in [1.807, 2.05) is 31.0 Å². The van der Waals surface area contributed by atoms with Crippen molar-refractivity contribution in [2.24, 2.45) is 7.05 Å². The van der Waals surface area contributed by atoms with Crippen molar-refractivity contribution in [1.29, 1.82) is 0 Å². The largest absolute Gasteiger partial charge is 0.304 e. The fourth-order valence-corrected chi connectivity index (χ4v) is 3.22. The van der Waals surface area contributed by atoms with Crippen LogP contribution in [0.15, 0.2) is 16.9 Å². The molecule has 0 radical (unpaired) electrons. The number of aryl methyl sites for hydroxylation is 3. The van der Waals surface area contributed by atoms with Gasteiger partial charge in [0.25, 0.3) is 0 Å². The molecule has 1 unspecified atom stereocenters. The predicted octanol–water partition coefficient (Wildman–Crippen LogP) is 2.45. The summed E-state index contributed by atoms with van der Waals surface area (Å²) < 4.78 is 2.87. The summed E-state index contributed by atoms with van der Waals surface area (Å²) in [6.45, 7) is 2.70. The van der Waals surface area contributed by atoms with Crippen LogP contribution in [-0.2, 0) is 20.0 Å². The van der Waals surface area contributed by atoms with Gasteiger partial charge in [-0.3, -0.25) is 4.68 Å². The maximum atomic E-state index is 4.56. The van der Waals surface area contributed by atoms with Crippen LogP contribution in [0.5, 0.6) is 0 Å². The van der Waals surface area contributed by atoms with Crippen LogP contribution in [0.4, 0.5) is 0 Å². The molecule has 5 nitrogen and oxygen atoms in total. The van der Waals surface area contributed by atoms with Crippen molar-refractivity contribution in [2.75, 3.05) is 0 Å². The average Bonchev–Trinajstić information content (AvgIpc) is 2.74.